The van der Waals surface area contributed by atoms with E-state index in [4.69, 9.17) is 0 Å². The number of hydrogen-bond donors (Lipinski definition) is 0. The van der Waals surface area contributed by atoms with Crippen molar-refractivity contribution in [2.45, 2.75) is 19.6 Å². The third kappa shape index (κ3) is 3.45. The fourth-order valence-corrected chi connectivity index (χ4v) is 3.14. The van der Waals surface area contributed by atoms with Gasteiger partial charge in [-0.1, -0.05) is 54.1 Å². The maximum absolute atomic E-state index is 12.9. The van der Waals surface area contributed by atoms with E-state index in [-0.39, 0.29) is 0 Å². The number of alkyl halides is 3. The van der Waals surface area contributed by atoms with Crippen LogP contribution in [0.25, 0.3) is 22.4 Å². The smallest absolute Gasteiger partial charge is 0.319 e. The fraction of sp³-hybridized carbons (Fsp3) is 0.136. The molecule has 0 fully saturated rings. The zero-order valence-corrected chi connectivity index (χ0v) is 14.7. The lowest BCUT2D eigenvalue weighted by atomic mass is 10.1. The van der Waals surface area contributed by atoms with Crippen molar-refractivity contribution in [2.24, 2.45) is 0 Å². The summed E-state index contributed by atoms with van der Waals surface area (Å²) in [6, 6.07) is 21.1. The van der Waals surface area contributed by atoms with Gasteiger partial charge < -0.3 is 4.57 Å². The van der Waals surface area contributed by atoms with Crippen LogP contribution in [0.1, 0.15) is 16.7 Å². The molecule has 0 saturated carbocycles. The van der Waals surface area contributed by atoms with Crippen molar-refractivity contribution in [1.82, 2.24) is 9.55 Å². The molecule has 136 valence electrons. The topological polar surface area (TPSA) is 17.8 Å². The van der Waals surface area contributed by atoms with E-state index in [2.05, 4.69) is 17.1 Å². The van der Waals surface area contributed by atoms with Crippen LogP contribution in [0.5, 0.6) is 0 Å². The zero-order chi connectivity index (χ0) is 19.0. The molecule has 2 nitrogen and oxygen atoms in total. The number of para-hydroxylation sites is 2. The van der Waals surface area contributed by atoms with Crippen LogP contribution in [0.15, 0.2) is 72.8 Å². The van der Waals surface area contributed by atoms with Gasteiger partial charge in [0.05, 0.1) is 16.6 Å². The summed E-state index contributed by atoms with van der Waals surface area (Å²) < 4.78 is 40.6. The Morgan fingerprint density at radius 1 is 0.852 bits per heavy atom. The van der Waals surface area contributed by atoms with E-state index in [1.54, 1.807) is 0 Å². The van der Waals surface area contributed by atoms with Crippen LogP contribution < -0.4 is 0 Å². The molecule has 0 aliphatic carbocycles. The molecule has 4 rings (SSSR count). The van der Waals surface area contributed by atoms with Gasteiger partial charge in [0.1, 0.15) is 5.82 Å². The summed E-state index contributed by atoms with van der Waals surface area (Å²) in [5.41, 5.74) is 4.06. The predicted molar refractivity (Wildman–Crippen MR) is 100 cm³/mol. The summed E-state index contributed by atoms with van der Waals surface area (Å²) in [6.07, 6.45) is -4.35. The van der Waals surface area contributed by atoms with Crippen LogP contribution in [-0.4, -0.2) is 9.55 Å². The van der Waals surface area contributed by atoms with Gasteiger partial charge in [0.2, 0.25) is 0 Å². The Bertz CT molecular complexity index is 1080. The molecule has 0 spiro atoms. The van der Waals surface area contributed by atoms with Crippen molar-refractivity contribution in [3.63, 3.8) is 0 Å². The number of imidazole rings is 1. The average molecular weight is 366 g/mol. The molecule has 0 atom stereocenters. The minimum atomic E-state index is -4.35. The lowest BCUT2D eigenvalue weighted by Gasteiger charge is -2.11. The Labute approximate surface area is 154 Å². The normalized spacial score (nSPS) is 11.9. The van der Waals surface area contributed by atoms with Gasteiger partial charge in [-0.25, -0.2) is 4.98 Å². The van der Waals surface area contributed by atoms with Crippen molar-refractivity contribution in [3.05, 3.63) is 89.5 Å². The standard InChI is InChI=1S/C22H17F3N2/c1-15-6-8-16(9-7-15)14-27-20-5-3-2-4-19(20)26-21(27)17-10-12-18(13-11-17)22(23,24)25/h2-13H,14H2,1H3. The van der Waals surface area contributed by atoms with E-state index in [0.717, 1.165) is 28.7 Å². The molecule has 5 heteroatoms. The van der Waals surface area contributed by atoms with Crippen LogP contribution in [0.3, 0.4) is 0 Å². The Morgan fingerprint density at radius 2 is 1.52 bits per heavy atom. The largest absolute Gasteiger partial charge is 0.416 e. The fourth-order valence-electron chi connectivity index (χ4n) is 3.14. The number of benzene rings is 3. The van der Waals surface area contributed by atoms with Crippen LogP contribution in [0.2, 0.25) is 0 Å². The molecule has 0 radical (unpaired) electrons. The molecule has 27 heavy (non-hydrogen) atoms. The lowest BCUT2D eigenvalue weighted by molar-refractivity contribution is -0.137. The Balaban J connectivity index is 1.81. The number of aryl methyl sites for hydroxylation is 1. The van der Waals surface area contributed by atoms with Gasteiger partial charge in [-0.2, -0.15) is 13.2 Å². The first kappa shape index (κ1) is 17.3. The summed E-state index contributed by atoms with van der Waals surface area (Å²) in [5, 5.41) is 0. The molecule has 0 unspecified atom stereocenters. The third-order valence-electron chi connectivity index (χ3n) is 4.59. The van der Waals surface area contributed by atoms with Crippen molar-refractivity contribution in [3.8, 4) is 11.4 Å². The number of hydrogen-bond acceptors (Lipinski definition) is 1. The van der Waals surface area contributed by atoms with Gasteiger partial charge in [-0.15, -0.1) is 0 Å². The zero-order valence-electron chi connectivity index (χ0n) is 14.7. The summed E-state index contributed by atoms with van der Waals surface area (Å²) in [5.74, 6) is 0.658. The maximum atomic E-state index is 12.9. The van der Waals surface area contributed by atoms with E-state index in [0.29, 0.717) is 17.9 Å². The van der Waals surface area contributed by atoms with Crippen molar-refractivity contribution in [2.75, 3.05) is 0 Å². The summed E-state index contributed by atoms with van der Waals surface area (Å²) in [7, 11) is 0. The maximum Gasteiger partial charge on any atom is 0.416 e. The monoisotopic (exact) mass is 366 g/mol. The molecule has 0 saturated heterocycles. The van der Waals surface area contributed by atoms with Crippen molar-refractivity contribution in [1.29, 1.82) is 0 Å². The molecule has 0 aliphatic heterocycles. The molecule has 0 bridgehead atoms. The quantitative estimate of drug-likeness (QED) is 0.430. The molecule has 1 aromatic heterocycles. The first-order valence-electron chi connectivity index (χ1n) is 8.60. The van der Waals surface area contributed by atoms with Crippen LogP contribution in [0, 0.1) is 6.92 Å². The first-order valence-corrected chi connectivity index (χ1v) is 8.60. The number of nitrogens with zero attached hydrogens (tertiary/aromatic N) is 2. The molecule has 0 amide bonds. The number of rotatable bonds is 3. The molecule has 4 aromatic rings. The summed E-state index contributed by atoms with van der Waals surface area (Å²) >= 11 is 0. The first-order chi connectivity index (χ1) is 12.9. The highest BCUT2D eigenvalue weighted by molar-refractivity contribution is 5.80. The highest BCUT2D eigenvalue weighted by atomic mass is 19.4. The average Bonchev–Trinajstić information content (AvgIpc) is 3.02. The predicted octanol–water partition coefficient (Wildman–Crippen LogP) is 6.08. The van der Waals surface area contributed by atoms with Crippen LogP contribution in [0.4, 0.5) is 13.2 Å². The number of halogens is 3. The van der Waals surface area contributed by atoms with Crippen LogP contribution >= 0.6 is 0 Å². The van der Waals surface area contributed by atoms with Gasteiger partial charge in [0, 0.05) is 12.1 Å². The van der Waals surface area contributed by atoms with Gasteiger partial charge >= 0.3 is 6.18 Å². The van der Waals surface area contributed by atoms with Crippen molar-refractivity contribution < 1.29 is 13.2 Å². The lowest BCUT2D eigenvalue weighted by Crippen LogP contribution is -2.05. The highest BCUT2D eigenvalue weighted by Gasteiger charge is 2.30. The third-order valence-corrected chi connectivity index (χ3v) is 4.59. The minimum Gasteiger partial charge on any atom is -0.319 e. The molecule has 3 aromatic carbocycles. The Morgan fingerprint density at radius 3 is 2.19 bits per heavy atom. The van der Waals surface area contributed by atoms with E-state index >= 15 is 0 Å². The van der Waals surface area contributed by atoms with Gasteiger partial charge in [0.15, 0.2) is 0 Å². The highest BCUT2D eigenvalue weighted by Crippen LogP contribution is 2.32. The summed E-state index contributed by atoms with van der Waals surface area (Å²) in [4.78, 5) is 4.67. The van der Waals surface area contributed by atoms with Crippen molar-refractivity contribution >= 4 is 11.0 Å². The second-order valence-electron chi connectivity index (χ2n) is 6.57. The van der Waals surface area contributed by atoms with E-state index < -0.39 is 11.7 Å². The SMILES string of the molecule is Cc1ccc(Cn2c(-c3ccc(C(F)(F)F)cc3)nc3ccccc32)cc1. The Kier molecular flexibility index (Phi) is 4.22. The van der Waals surface area contributed by atoms with Crippen LogP contribution in [-0.2, 0) is 12.7 Å². The van der Waals surface area contributed by atoms with E-state index in [9.17, 15) is 13.2 Å². The summed E-state index contributed by atoms with van der Waals surface area (Å²) in [6.45, 7) is 2.63. The molecule has 0 aliphatic rings. The molecular weight excluding hydrogens is 349 g/mol. The van der Waals surface area contributed by atoms with E-state index in [1.165, 1.54) is 17.7 Å². The molecule has 1 heterocycles. The molecular formula is C22H17F3N2. The second-order valence-corrected chi connectivity index (χ2v) is 6.57. The minimum absolute atomic E-state index is 0.594. The Hall–Kier alpha value is -3.08. The molecule has 0 N–H and O–H groups in total. The second kappa shape index (κ2) is 6.58. The van der Waals surface area contributed by atoms with Gasteiger partial charge in [-0.3, -0.25) is 0 Å². The van der Waals surface area contributed by atoms with Gasteiger partial charge in [-0.05, 0) is 36.8 Å². The number of aromatic nitrogens is 2. The van der Waals surface area contributed by atoms with Gasteiger partial charge in [0.25, 0.3) is 0 Å². The van der Waals surface area contributed by atoms with E-state index in [1.807, 2.05) is 47.9 Å². The number of fused-ring (bicyclic) bond motifs is 1.